The molecule has 120 valence electrons. The molecule has 0 aliphatic rings. The quantitative estimate of drug-likeness (QED) is 0.814. The minimum atomic E-state index is -1.22. The fourth-order valence-corrected chi connectivity index (χ4v) is 2.06. The number of nitrogens with one attached hydrogen (secondary N) is 1. The van der Waals surface area contributed by atoms with Crippen LogP contribution in [0.1, 0.15) is 17.3 Å². The standard InChI is InChI=1S/C16H12BrF2NO3/c1-9(15(21)20-14-5-3-2-4-12(14)18)23-16(22)11-7-6-10(17)8-13(11)19/h2-9H,1H3,(H,20,21)/t9-/m1/s1. The lowest BCUT2D eigenvalue weighted by molar-refractivity contribution is -0.123. The summed E-state index contributed by atoms with van der Waals surface area (Å²) >= 11 is 3.07. The second-order valence-corrected chi connectivity index (χ2v) is 5.56. The Kier molecular flexibility index (Phi) is 5.44. The number of carbonyl (C=O) groups is 2. The van der Waals surface area contributed by atoms with Crippen LogP contribution in [0.3, 0.4) is 0 Å². The first-order valence-electron chi connectivity index (χ1n) is 6.60. The smallest absolute Gasteiger partial charge is 0.341 e. The number of ether oxygens (including phenoxy) is 1. The molecular formula is C16H12BrF2NO3. The second kappa shape index (κ2) is 7.32. The minimum absolute atomic E-state index is 0.0322. The molecule has 7 heteroatoms. The van der Waals surface area contributed by atoms with Gasteiger partial charge < -0.3 is 10.1 Å². The molecule has 23 heavy (non-hydrogen) atoms. The molecule has 1 atom stereocenters. The van der Waals surface area contributed by atoms with Crippen LogP contribution in [0.5, 0.6) is 0 Å². The third kappa shape index (κ3) is 4.35. The molecule has 0 saturated carbocycles. The minimum Gasteiger partial charge on any atom is -0.449 e. The summed E-state index contributed by atoms with van der Waals surface area (Å²) in [6.07, 6.45) is -1.22. The van der Waals surface area contributed by atoms with Crippen molar-refractivity contribution in [3.63, 3.8) is 0 Å². The van der Waals surface area contributed by atoms with Crippen molar-refractivity contribution in [2.75, 3.05) is 5.32 Å². The van der Waals surface area contributed by atoms with Crippen molar-refractivity contribution >= 4 is 33.5 Å². The Bertz CT molecular complexity index is 752. The summed E-state index contributed by atoms with van der Waals surface area (Å²) in [7, 11) is 0. The van der Waals surface area contributed by atoms with Gasteiger partial charge in [0, 0.05) is 4.47 Å². The van der Waals surface area contributed by atoms with Crippen LogP contribution in [0.4, 0.5) is 14.5 Å². The Morgan fingerprint density at radius 3 is 2.48 bits per heavy atom. The molecule has 0 unspecified atom stereocenters. The van der Waals surface area contributed by atoms with Crippen LogP contribution >= 0.6 is 15.9 Å². The van der Waals surface area contributed by atoms with E-state index in [1.807, 2.05) is 0 Å². The van der Waals surface area contributed by atoms with Gasteiger partial charge >= 0.3 is 5.97 Å². The Hall–Kier alpha value is -2.28. The van der Waals surface area contributed by atoms with Gasteiger partial charge in [-0.15, -0.1) is 0 Å². The average Bonchev–Trinajstić information content (AvgIpc) is 2.49. The maximum atomic E-state index is 13.7. The van der Waals surface area contributed by atoms with Crippen molar-refractivity contribution in [2.24, 2.45) is 0 Å². The van der Waals surface area contributed by atoms with Crippen LogP contribution in [0.15, 0.2) is 46.9 Å². The largest absolute Gasteiger partial charge is 0.449 e. The maximum Gasteiger partial charge on any atom is 0.341 e. The number of benzene rings is 2. The predicted molar refractivity (Wildman–Crippen MR) is 84.0 cm³/mol. The van der Waals surface area contributed by atoms with Gasteiger partial charge in [0.15, 0.2) is 6.10 Å². The molecule has 0 aromatic heterocycles. The lowest BCUT2D eigenvalue weighted by Crippen LogP contribution is -2.30. The highest BCUT2D eigenvalue weighted by Crippen LogP contribution is 2.17. The number of hydrogen-bond donors (Lipinski definition) is 1. The van der Waals surface area contributed by atoms with Crippen LogP contribution in [-0.2, 0) is 9.53 Å². The molecule has 4 nitrogen and oxygen atoms in total. The first kappa shape index (κ1) is 17.1. The molecular weight excluding hydrogens is 372 g/mol. The number of halogens is 3. The molecule has 0 heterocycles. The molecule has 0 radical (unpaired) electrons. The summed E-state index contributed by atoms with van der Waals surface area (Å²) < 4.78 is 32.5. The molecule has 0 spiro atoms. The highest BCUT2D eigenvalue weighted by atomic mass is 79.9. The van der Waals surface area contributed by atoms with E-state index in [1.54, 1.807) is 6.07 Å². The van der Waals surface area contributed by atoms with Gasteiger partial charge in [0.2, 0.25) is 0 Å². The van der Waals surface area contributed by atoms with Crippen LogP contribution in [0.2, 0.25) is 0 Å². The zero-order chi connectivity index (χ0) is 17.0. The number of carbonyl (C=O) groups excluding carboxylic acids is 2. The third-order valence-electron chi connectivity index (χ3n) is 2.94. The van der Waals surface area contributed by atoms with E-state index in [0.717, 1.165) is 6.07 Å². The highest BCUT2D eigenvalue weighted by Gasteiger charge is 2.22. The number of amides is 1. The lowest BCUT2D eigenvalue weighted by atomic mass is 10.2. The molecule has 1 N–H and O–H groups in total. The van der Waals surface area contributed by atoms with E-state index in [4.69, 9.17) is 4.74 Å². The zero-order valence-corrected chi connectivity index (χ0v) is 13.6. The van der Waals surface area contributed by atoms with E-state index in [2.05, 4.69) is 21.2 Å². The number of esters is 1. The van der Waals surface area contributed by atoms with Crippen molar-refractivity contribution in [1.82, 2.24) is 0 Å². The van der Waals surface area contributed by atoms with Gasteiger partial charge in [-0.05, 0) is 37.3 Å². The van der Waals surface area contributed by atoms with Crippen LogP contribution < -0.4 is 5.32 Å². The van der Waals surface area contributed by atoms with Gasteiger partial charge in [0.25, 0.3) is 5.91 Å². The number of anilines is 1. The molecule has 2 aromatic carbocycles. The van der Waals surface area contributed by atoms with Gasteiger partial charge in [0.05, 0.1) is 11.3 Å². The zero-order valence-electron chi connectivity index (χ0n) is 12.0. The van der Waals surface area contributed by atoms with Crippen molar-refractivity contribution < 1.29 is 23.1 Å². The van der Waals surface area contributed by atoms with Gasteiger partial charge in [-0.3, -0.25) is 4.79 Å². The van der Waals surface area contributed by atoms with E-state index < -0.39 is 29.6 Å². The van der Waals surface area contributed by atoms with Crippen LogP contribution in [0.25, 0.3) is 0 Å². The Labute approximate surface area is 139 Å². The molecule has 0 saturated heterocycles. The van der Waals surface area contributed by atoms with E-state index in [-0.39, 0.29) is 11.3 Å². The Morgan fingerprint density at radius 1 is 1.13 bits per heavy atom. The summed E-state index contributed by atoms with van der Waals surface area (Å²) in [6.45, 7) is 1.31. The summed E-state index contributed by atoms with van der Waals surface area (Å²) in [5.41, 5.74) is -0.325. The Morgan fingerprint density at radius 2 is 1.83 bits per heavy atom. The Balaban J connectivity index is 2.03. The summed E-state index contributed by atoms with van der Waals surface area (Å²) in [5, 5.41) is 2.30. The normalized spacial score (nSPS) is 11.7. The van der Waals surface area contributed by atoms with Crippen molar-refractivity contribution in [3.8, 4) is 0 Å². The molecule has 2 aromatic rings. The SMILES string of the molecule is C[C@@H](OC(=O)c1ccc(Br)cc1F)C(=O)Nc1ccccc1F. The number of hydrogen-bond acceptors (Lipinski definition) is 3. The predicted octanol–water partition coefficient (Wildman–Crippen LogP) is 3.91. The summed E-state index contributed by atoms with van der Waals surface area (Å²) in [4.78, 5) is 23.8. The van der Waals surface area contributed by atoms with Crippen LogP contribution in [0, 0.1) is 11.6 Å². The molecule has 2 rings (SSSR count). The van der Waals surface area contributed by atoms with E-state index >= 15 is 0 Å². The second-order valence-electron chi connectivity index (χ2n) is 4.64. The van der Waals surface area contributed by atoms with Gasteiger partial charge in [-0.1, -0.05) is 28.1 Å². The lowest BCUT2D eigenvalue weighted by Gasteiger charge is -2.14. The average molecular weight is 384 g/mol. The summed E-state index contributed by atoms with van der Waals surface area (Å²) in [6, 6.07) is 9.41. The molecule has 1 amide bonds. The first-order valence-corrected chi connectivity index (χ1v) is 7.39. The molecule has 0 aliphatic heterocycles. The van der Waals surface area contributed by atoms with Crippen molar-refractivity contribution in [3.05, 3.63) is 64.1 Å². The fraction of sp³-hybridized carbons (Fsp3) is 0.125. The number of rotatable bonds is 4. The third-order valence-corrected chi connectivity index (χ3v) is 3.43. The van der Waals surface area contributed by atoms with Gasteiger partial charge in [-0.25, -0.2) is 13.6 Å². The molecule has 0 fully saturated rings. The fourth-order valence-electron chi connectivity index (χ4n) is 1.73. The van der Waals surface area contributed by atoms with Crippen LogP contribution in [-0.4, -0.2) is 18.0 Å². The van der Waals surface area contributed by atoms with Crippen molar-refractivity contribution in [2.45, 2.75) is 13.0 Å². The van der Waals surface area contributed by atoms with E-state index in [1.165, 1.54) is 37.3 Å². The van der Waals surface area contributed by atoms with E-state index in [0.29, 0.717) is 4.47 Å². The summed E-state index contributed by atoms with van der Waals surface area (Å²) in [5.74, 6) is -3.09. The van der Waals surface area contributed by atoms with E-state index in [9.17, 15) is 18.4 Å². The van der Waals surface area contributed by atoms with Gasteiger partial charge in [0.1, 0.15) is 11.6 Å². The number of para-hydroxylation sites is 1. The highest BCUT2D eigenvalue weighted by molar-refractivity contribution is 9.10. The topological polar surface area (TPSA) is 55.4 Å². The molecule has 0 bridgehead atoms. The van der Waals surface area contributed by atoms with Gasteiger partial charge in [-0.2, -0.15) is 0 Å². The maximum absolute atomic E-state index is 13.7. The molecule has 0 aliphatic carbocycles. The monoisotopic (exact) mass is 383 g/mol. The first-order chi connectivity index (χ1) is 10.9. The van der Waals surface area contributed by atoms with Crippen molar-refractivity contribution in [1.29, 1.82) is 0 Å².